The Morgan fingerprint density at radius 2 is 1.93 bits per heavy atom. The number of hydrogen-bond acceptors (Lipinski definition) is 7. The lowest BCUT2D eigenvalue weighted by Gasteiger charge is -2.10. The molecule has 0 saturated heterocycles. The molecule has 10 heteroatoms. The Labute approximate surface area is 168 Å². The first kappa shape index (κ1) is 20.6. The van der Waals surface area contributed by atoms with Crippen LogP contribution in [0.25, 0.3) is 11.4 Å². The molecule has 0 aliphatic carbocycles. The van der Waals surface area contributed by atoms with Crippen LogP contribution in [0.4, 0.5) is 5.69 Å². The summed E-state index contributed by atoms with van der Waals surface area (Å²) in [5.41, 5.74) is 1.23. The van der Waals surface area contributed by atoms with Crippen LogP contribution in [0.1, 0.15) is 26.2 Å². The van der Waals surface area contributed by atoms with Gasteiger partial charge in [-0.15, -0.1) is 0 Å². The molecular formula is C19H21N5O4S. The smallest absolute Gasteiger partial charge is 0.240 e. The number of rotatable bonds is 8. The third kappa shape index (κ3) is 5.69. The molecule has 0 spiro atoms. The molecule has 2 aromatic heterocycles. The van der Waals surface area contributed by atoms with Gasteiger partial charge in [0.05, 0.1) is 4.90 Å². The standard InChI is InChI=1S/C19H21N5O4S/c1-13(2)24-29(26,27)16-7-5-15(6-8-16)21-17(25)9-10-18-22-19(23-28-18)14-4-3-11-20-12-14/h3-8,11-13,24H,9-10H2,1-2H3,(H,21,25). The number of anilines is 1. The molecule has 0 unspecified atom stereocenters. The van der Waals surface area contributed by atoms with E-state index in [1.807, 2.05) is 6.07 Å². The van der Waals surface area contributed by atoms with Crippen LogP contribution in [0.2, 0.25) is 0 Å². The maximum Gasteiger partial charge on any atom is 0.240 e. The maximum absolute atomic E-state index is 12.1. The lowest BCUT2D eigenvalue weighted by Crippen LogP contribution is -2.30. The van der Waals surface area contributed by atoms with Crippen LogP contribution in [0, 0.1) is 0 Å². The van der Waals surface area contributed by atoms with Gasteiger partial charge in [-0.05, 0) is 50.2 Å². The lowest BCUT2D eigenvalue weighted by atomic mass is 10.2. The Kier molecular flexibility index (Phi) is 6.35. The van der Waals surface area contributed by atoms with Crippen LogP contribution < -0.4 is 10.0 Å². The highest BCUT2D eigenvalue weighted by Gasteiger charge is 2.15. The van der Waals surface area contributed by atoms with Crippen LogP contribution in [-0.4, -0.2) is 35.5 Å². The van der Waals surface area contributed by atoms with Crippen molar-refractivity contribution in [3.05, 3.63) is 54.7 Å². The van der Waals surface area contributed by atoms with Gasteiger partial charge in [0.2, 0.25) is 27.6 Å². The Bertz CT molecular complexity index is 1060. The topological polar surface area (TPSA) is 127 Å². The molecule has 0 fully saturated rings. The van der Waals surface area contributed by atoms with Crippen molar-refractivity contribution in [3.8, 4) is 11.4 Å². The molecule has 0 aliphatic rings. The van der Waals surface area contributed by atoms with Crippen molar-refractivity contribution in [1.82, 2.24) is 19.8 Å². The molecule has 3 aromatic rings. The summed E-state index contributed by atoms with van der Waals surface area (Å²) in [5, 5.41) is 6.60. The average Bonchev–Trinajstić information content (AvgIpc) is 3.16. The third-order valence-electron chi connectivity index (χ3n) is 3.79. The quantitative estimate of drug-likeness (QED) is 0.578. The van der Waals surface area contributed by atoms with E-state index in [9.17, 15) is 13.2 Å². The molecule has 0 aliphatic heterocycles. The normalized spacial score (nSPS) is 11.6. The van der Waals surface area contributed by atoms with Gasteiger partial charge in [0.15, 0.2) is 0 Å². The van der Waals surface area contributed by atoms with E-state index in [1.165, 1.54) is 12.1 Å². The molecule has 2 heterocycles. The molecule has 3 rings (SSSR count). The molecule has 152 valence electrons. The minimum absolute atomic E-state index is 0.137. The van der Waals surface area contributed by atoms with E-state index >= 15 is 0 Å². The van der Waals surface area contributed by atoms with Gasteiger partial charge < -0.3 is 9.84 Å². The summed E-state index contributed by atoms with van der Waals surface area (Å²) in [6.07, 6.45) is 3.70. The van der Waals surface area contributed by atoms with Crippen molar-refractivity contribution < 1.29 is 17.7 Å². The lowest BCUT2D eigenvalue weighted by molar-refractivity contribution is -0.116. The SMILES string of the molecule is CC(C)NS(=O)(=O)c1ccc(NC(=O)CCc2nc(-c3cccnc3)no2)cc1. The average molecular weight is 415 g/mol. The van der Waals surface area contributed by atoms with Crippen molar-refractivity contribution >= 4 is 21.6 Å². The maximum atomic E-state index is 12.1. The van der Waals surface area contributed by atoms with Crippen LogP contribution in [-0.2, 0) is 21.2 Å². The van der Waals surface area contributed by atoms with Gasteiger partial charge in [-0.1, -0.05) is 5.16 Å². The van der Waals surface area contributed by atoms with Crippen LogP contribution in [0.5, 0.6) is 0 Å². The number of carbonyl (C=O) groups is 1. The Morgan fingerprint density at radius 3 is 2.59 bits per heavy atom. The van der Waals surface area contributed by atoms with Crippen molar-refractivity contribution in [2.45, 2.75) is 37.6 Å². The number of nitrogens with one attached hydrogen (secondary N) is 2. The fourth-order valence-corrected chi connectivity index (χ4v) is 3.76. The molecule has 0 atom stereocenters. The van der Waals surface area contributed by atoms with Crippen molar-refractivity contribution in [2.24, 2.45) is 0 Å². The van der Waals surface area contributed by atoms with E-state index in [0.29, 0.717) is 17.4 Å². The van der Waals surface area contributed by atoms with E-state index in [2.05, 4.69) is 25.2 Å². The Balaban J connectivity index is 1.54. The Hall–Kier alpha value is -3.11. The van der Waals surface area contributed by atoms with Crippen LogP contribution in [0.15, 0.2) is 58.2 Å². The fraction of sp³-hybridized carbons (Fsp3) is 0.263. The van der Waals surface area contributed by atoms with Gasteiger partial charge in [0.25, 0.3) is 0 Å². The zero-order valence-corrected chi connectivity index (χ0v) is 16.8. The highest BCUT2D eigenvalue weighted by molar-refractivity contribution is 7.89. The summed E-state index contributed by atoms with van der Waals surface area (Å²) in [5.74, 6) is 0.516. The number of aromatic nitrogens is 3. The first-order valence-corrected chi connectivity index (χ1v) is 10.5. The summed E-state index contributed by atoms with van der Waals surface area (Å²) in [7, 11) is -3.57. The zero-order valence-electron chi connectivity index (χ0n) is 16.0. The number of nitrogens with zero attached hydrogens (tertiary/aromatic N) is 3. The van der Waals surface area contributed by atoms with Gasteiger partial charge in [-0.2, -0.15) is 4.98 Å². The summed E-state index contributed by atoms with van der Waals surface area (Å²) in [6.45, 7) is 3.49. The van der Waals surface area contributed by atoms with E-state index < -0.39 is 10.0 Å². The zero-order chi connectivity index (χ0) is 20.9. The third-order valence-corrected chi connectivity index (χ3v) is 5.47. The molecule has 0 saturated carbocycles. The first-order chi connectivity index (χ1) is 13.8. The number of aryl methyl sites for hydroxylation is 1. The summed E-state index contributed by atoms with van der Waals surface area (Å²) in [6, 6.07) is 9.35. The van der Waals surface area contributed by atoms with Crippen molar-refractivity contribution in [3.63, 3.8) is 0 Å². The van der Waals surface area contributed by atoms with E-state index in [0.717, 1.165) is 5.56 Å². The molecule has 0 radical (unpaired) electrons. The second-order valence-electron chi connectivity index (χ2n) is 6.60. The predicted molar refractivity (Wildman–Crippen MR) is 106 cm³/mol. The number of hydrogen-bond donors (Lipinski definition) is 2. The minimum atomic E-state index is -3.57. The second-order valence-corrected chi connectivity index (χ2v) is 8.32. The monoisotopic (exact) mass is 415 g/mol. The summed E-state index contributed by atoms with van der Waals surface area (Å²) in [4.78, 5) is 20.5. The predicted octanol–water partition coefficient (Wildman–Crippen LogP) is 2.39. The molecule has 1 amide bonds. The fourth-order valence-electron chi connectivity index (χ4n) is 2.51. The van der Waals surface area contributed by atoms with E-state index in [4.69, 9.17) is 4.52 Å². The van der Waals surface area contributed by atoms with Gasteiger partial charge in [0, 0.05) is 42.5 Å². The Morgan fingerprint density at radius 1 is 1.17 bits per heavy atom. The van der Waals surface area contributed by atoms with Crippen molar-refractivity contribution in [2.75, 3.05) is 5.32 Å². The molecule has 0 bridgehead atoms. The number of benzene rings is 1. The van der Waals surface area contributed by atoms with Gasteiger partial charge in [0.1, 0.15) is 0 Å². The van der Waals surface area contributed by atoms with Crippen LogP contribution in [0.3, 0.4) is 0 Å². The number of carbonyl (C=O) groups excluding carboxylic acids is 1. The molecule has 1 aromatic carbocycles. The number of sulfonamides is 1. The molecule has 29 heavy (non-hydrogen) atoms. The van der Waals surface area contributed by atoms with Crippen LogP contribution >= 0.6 is 0 Å². The molecule has 9 nitrogen and oxygen atoms in total. The largest absolute Gasteiger partial charge is 0.339 e. The van der Waals surface area contributed by atoms with Gasteiger partial charge in [-0.3, -0.25) is 9.78 Å². The summed E-state index contributed by atoms with van der Waals surface area (Å²) >= 11 is 0. The van der Waals surface area contributed by atoms with Gasteiger partial charge in [-0.25, -0.2) is 13.1 Å². The van der Waals surface area contributed by atoms with E-state index in [1.54, 1.807) is 44.4 Å². The molecular weight excluding hydrogens is 394 g/mol. The first-order valence-electron chi connectivity index (χ1n) is 8.99. The van der Waals surface area contributed by atoms with Crippen molar-refractivity contribution in [1.29, 1.82) is 0 Å². The van der Waals surface area contributed by atoms with E-state index in [-0.39, 0.29) is 29.7 Å². The number of amides is 1. The minimum Gasteiger partial charge on any atom is -0.339 e. The molecule has 2 N–H and O–H groups in total. The summed E-state index contributed by atoms with van der Waals surface area (Å²) < 4.78 is 31.9. The highest BCUT2D eigenvalue weighted by Crippen LogP contribution is 2.16. The number of pyridine rings is 1. The second kappa shape index (κ2) is 8.93. The highest BCUT2D eigenvalue weighted by atomic mass is 32.2. The van der Waals surface area contributed by atoms with Gasteiger partial charge >= 0.3 is 0 Å².